The van der Waals surface area contributed by atoms with E-state index in [1.807, 2.05) is 0 Å². The fraction of sp³-hybridized carbons (Fsp3) is 0.588. The second-order valence-corrected chi connectivity index (χ2v) is 6.17. The van der Waals surface area contributed by atoms with E-state index in [-0.39, 0.29) is 11.6 Å². The van der Waals surface area contributed by atoms with Crippen molar-refractivity contribution in [3.8, 4) is 0 Å². The first-order chi connectivity index (χ1) is 10.2. The first kappa shape index (κ1) is 14.4. The molecule has 1 aromatic rings. The van der Waals surface area contributed by atoms with Crippen LogP contribution in [0.25, 0.3) is 0 Å². The highest BCUT2D eigenvalue weighted by Crippen LogP contribution is 2.37. The zero-order chi connectivity index (χ0) is 14.9. The van der Waals surface area contributed by atoms with Crippen molar-refractivity contribution in [2.45, 2.75) is 44.8 Å². The van der Waals surface area contributed by atoms with Gasteiger partial charge in [-0.2, -0.15) is 0 Å². The van der Waals surface area contributed by atoms with Crippen LogP contribution < -0.4 is 5.73 Å². The van der Waals surface area contributed by atoms with Crippen molar-refractivity contribution >= 4 is 5.96 Å². The average Bonchev–Trinajstić information content (AvgIpc) is 3.11. The van der Waals surface area contributed by atoms with Crippen molar-refractivity contribution in [1.82, 2.24) is 4.90 Å². The van der Waals surface area contributed by atoms with Gasteiger partial charge in [0.15, 0.2) is 5.96 Å². The predicted octanol–water partition coefficient (Wildman–Crippen LogP) is 2.41. The van der Waals surface area contributed by atoms with Gasteiger partial charge in [0, 0.05) is 13.2 Å². The van der Waals surface area contributed by atoms with E-state index >= 15 is 0 Å². The van der Waals surface area contributed by atoms with E-state index in [1.54, 1.807) is 0 Å². The molecule has 4 nitrogen and oxygen atoms in total. The van der Waals surface area contributed by atoms with Crippen LogP contribution in [0.2, 0.25) is 0 Å². The molecule has 2 heterocycles. The lowest BCUT2D eigenvalue weighted by Gasteiger charge is -2.40. The zero-order valence-electron chi connectivity index (χ0n) is 13.0. The molecule has 0 aromatic heterocycles. The summed E-state index contributed by atoms with van der Waals surface area (Å²) in [6.07, 6.45) is 3.55. The lowest BCUT2D eigenvalue weighted by Crippen LogP contribution is -2.51. The molecule has 0 spiro atoms. The average molecular weight is 287 g/mol. The highest BCUT2D eigenvalue weighted by Gasteiger charge is 2.43. The molecule has 0 radical (unpaired) electrons. The molecule has 1 saturated heterocycles. The van der Waals surface area contributed by atoms with E-state index in [1.165, 1.54) is 11.1 Å². The molecule has 114 valence electrons. The number of rotatable bonds is 4. The first-order valence-electron chi connectivity index (χ1n) is 7.92. The normalized spacial score (nSPS) is 29.0. The lowest BCUT2D eigenvalue weighted by atomic mass is 9.85. The molecule has 2 aliphatic rings. The molecule has 3 rings (SSSR count). The smallest absolute Gasteiger partial charge is 0.192 e. The Morgan fingerprint density at radius 1 is 1.38 bits per heavy atom. The van der Waals surface area contributed by atoms with Crippen LogP contribution >= 0.6 is 0 Å². The Bertz CT molecular complexity index is 519. The first-order valence-corrected chi connectivity index (χ1v) is 7.92. The summed E-state index contributed by atoms with van der Waals surface area (Å²) in [4.78, 5) is 6.82. The van der Waals surface area contributed by atoms with Crippen molar-refractivity contribution in [3.63, 3.8) is 0 Å². The molecule has 2 aliphatic heterocycles. The van der Waals surface area contributed by atoms with E-state index in [0.29, 0.717) is 5.96 Å². The fourth-order valence-corrected chi connectivity index (χ4v) is 3.48. The summed E-state index contributed by atoms with van der Waals surface area (Å²) >= 11 is 0. The summed E-state index contributed by atoms with van der Waals surface area (Å²) in [5, 5.41) is 0. The number of nitrogens with two attached hydrogens (primary N) is 1. The van der Waals surface area contributed by atoms with Gasteiger partial charge in [-0.05, 0) is 31.7 Å². The number of benzene rings is 1. The van der Waals surface area contributed by atoms with Gasteiger partial charge in [0.1, 0.15) is 0 Å². The van der Waals surface area contributed by atoms with Crippen LogP contribution in [-0.4, -0.2) is 36.7 Å². The van der Waals surface area contributed by atoms with Gasteiger partial charge in [0.2, 0.25) is 0 Å². The maximum Gasteiger partial charge on any atom is 0.192 e. The lowest BCUT2D eigenvalue weighted by molar-refractivity contribution is 0.0633. The van der Waals surface area contributed by atoms with Crippen LogP contribution in [-0.2, 0) is 10.3 Å². The second kappa shape index (κ2) is 5.68. The Hall–Kier alpha value is -1.55. The van der Waals surface area contributed by atoms with Gasteiger partial charge in [0.05, 0.1) is 18.2 Å². The van der Waals surface area contributed by atoms with Crippen LogP contribution in [0.5, 0.6) is 0 Å². The van der Waals surface area contributed by atoms with E-state index in [0.717, 1.165) is 39.0 Å². The number of ether oxygens (including phenoxy) is 1. The molecule has 2 N–H and O–H groups in total. The highest BCUT2D eigenvalue weighted by molar-refractivity contribution is 5.81. The van der Waals surface area contributed by atoms with Crippen LogP contribution in [0.4, 0.5) is 0 Å². The number of aryl methyl sites for hydroxylation is 1. The summed E-state index contributed by atoms with van der Waals surface area (Å²) in [5.74, 6) is 0.660. The van der Waals surface area contributed by atoms with Crippen LogP contribution in [0.1, 0.15) is 37.3 Å². The molecule has 0 bridgehead atoms. The summed E-state index contributed by atoms with van der Waals surface area (Å²) in [6.45, 7) is 6.80. The Morgan fingerprint density at radius 3 is 2.76 bits per heavy atom. The molecular formula is C17H25N3O. The number of nitrogens with zero attached hydrogens (tertiary/aromatic N) is 2. The standard InChI is InChI=1S/C17H25N3O/c1-3-17(14-8-6-13(2)7-9-14)12-19-16(18)20(17)11-15-5-4-10-21-15/h6-9,15H,3-5,10-12H2,1-2H3,(H2,18,19). The SMILES string of the molecule is CCC1(c2ccc(C)cc2)CN=C(N)N1CC1CCCO1. The number of guanidine groups is 1. The third-order valence-corrected chi connectivity index (χ3v) is 4.88. The maximum atomic E-state index is 6.20. The minimum atomic E-state index is -0.107. The zero-order valence-corrected chi connectivity index (χ0v) is 13.0. The van der Waals surface area contributed by atoms with Crippen LogP contribution in [0, 0.1) is 6.92 Å². The number of aliphatic imine (C=N–C) groups is 1. The molecule has 2 unspecified atom stereocenters. The van der Waals surface area contributed by atoms with Gasteiger partial charge in [0.25, 0.3) is 0 Å². The van der Waals surface area contributed by atoms with Gasteiger partial charge >= 0.3 is 0 Å². The van der Waals surface area contributed by atoms with E-state index < -0.39 is 0 Å². The Kier molecular flexibility index (Phi) is 3.89. The third kappa shape index (κ3) is 2.53. The van der Waals surface area contributed by atoms with E-state index in [2.05, 4.69) is 48.0 Å². The molecule has 1 fully saturated rings. The minimum Gasteiger partial charge on any atom is -0.376 e. The van der Waals surface area contributed by atoms with E-state index in [4.69, 9.17) is 10.5 Å². The third-order valence-electron chi connectivity index (χ3n) is 4.88. The quantitative estimate of drug-likeness (QED) is 0.925. The fourth-order valence-electron chi connectivity index (χ4n) is 3.48. The van der Waals surface area contributed by atoms with Gasteiger partial charge in [-0.15, -0.1) is 0 Å². The van der Waals surface area contributed by atoms with Crippen molar-refractivity contribution < 1.29 is 4.74 Å². The van der Waals surface area contributed by atoms with Gasteiger partial charge in [-0.1, -0.05) is 36.8 Å². The van der Waals surface area contributed by atoms with Gasteiger partial charge < -0.3 is 15.4 Å². The van der Waals surface area contributed by atoms with Crippen molar-refractivity contribution in [2.75, 3.05) is 19.7 Å². The molecule has 0 saturated carbocycles. The number of hydrogen-bond donors (Lipinski definition) is 1. The largest absolute Gasteiger partial charge is 0.376 e. The Morgan fingerprint density at radius 2 is 2.14 bits per heavy atom. The Balaban J connectivity index is 1.89. The van der Waals surface area contributed by atoms with Crippen molar-refractivity contribution in [2.24, 2.45) is 10.7 Å². The van der Waals surface area contributed by atoms with Crippen LogP contribution in [0.15, 0.2) is 29.3 Å². The topological polar surface area (TPSA) is 50.8 Å². The van der Waals surface area contributed by atoms with E-state index in [9.17, 15) is 0 Å². The summed E-state index contributed by atoms with van der Waals surface area (Å²) < 4.78 is 5.80. The molecule has 2 atom stereocenters. The highest BCUT2D eigenvalue weighted by atomic mass is 16.5. The number of hydrogen-bond acceptors (Lipinski definition) is 4. The molecule has 1 aromatic carbocycles. The van der Waals surface area contributed by atoms with Gasteiger partial charge in [-0.3, -0.25) is 4.99 Å². The summed E-state index contributed by atoms with van der Waals surface area (Å²) in [6, 6.07) is 8.78. The summed E-state index contributed by atoms with van der Waals surface area (Å²) in [7, 11) is 0. The molecule has 21 heavy (non-hydrogen) atoms. The molecule has 0 aliphatic carbocycles. The minimum absolute atomic E-state index is 0.107. The maximum absolute atomic E-state index is 6.20. The van der Waals surface area contributed by atoms with Crippen LogP contribution in [0.3, 0.4) is 0 Å². The second-order valence-electron chi connectivity index (χ2n) is 6.17. The molecular weight excluding hydrogens is 262 g/mol. The molecule has 4 heteroatoms. The summed E-state index contributed by atoms with van der Waals surface area (Å²) in [5.41, 5.74) is 8.67. The predicted molar refractivity (Wildman–Crippen MR) is 85.3 cm³/mol. The monoisotopic (exact) mass is 287 g/mol. The molecule has 0 amide bonds. The Labute approximate surface area is 127 Å². The van der Waals surface area contributed by atoms with Crippen molar-refractivity contribution in [3.05, 3.63) is 35.4 Å². The van der Waals surface area contributed by atoms with Crippen molar-refractivity contribution in [1.29, 1.82) is 0 Å². The van der Waals surface area contributed by atoms with Gasteiger partial charge in [-0.25, -0.2) is 0 Å².